The maximum Gasteiger partial charge on any atom is 0.240 e. The van der Waals surface area contributed by atoms with Gasteiger partial charge in [0.2, 0.25) is 5.91 Å². The molecular weight excluding hydrogens is 332 g/mol. The normalized spacial score (nSPS) is 24.9. The Morgan fingerprint density at radius 3 is 2.07 bits per heavy atom. The van der Waals surface area contributed by atoms with Crippen molar-refractivity contribution in [2.24, 2.45) is 0 Å². The molecule has 1 saturated heterocycles. The number of likely N-dealkylation sites (N-methyl/N-ethyl adjacent to an activating group) is 1. The van der Waals surface area contributed by atoms with Gasteiger partial charge in [0.1, 0.15) is 0 Å². The third-order valence-corrected chi connectivity index (χ3v) is 6.24. The minimum Gasteiger partial charge on any atom is -0.338 e. The summed E-state index contributed by atoms with van der Waals surface area (Å²) in [6.07, 6.45) is 8.56. The summed E-state index contributed by atoms with van der Waals surface area (Å²) in [5.41, 5.74) is 2.52. The summed E-state index contributed by atoms with van der Waals surface area (Å²) in [4.78, 5) is 17.7. The summed E-state index contributed by atoms with van der Waals surface area (Å²) in [5.74, 6) is 0.275. The fourth-order valence-corrected chi connectivity index (χ4v) is 4.60. The minimum absolute atomic E-state index is 0.00211. The molecule has 0 radical (unpaired) electrons. The van der Waals surface area contributed by atoms with Crippen molar-refractivity contribution in [3.05, 3.63) is 83.9 Å². The summed E-state index contributed by atoms with van der Waals surface area (Å²) in [5, 5.41) is 0. The molecule has 1 fully saturated rings. The Morgan fingerprint density at radius 1 is 0.963 bits per heavy atom. The van der Waals surface area contributed by atoms with Crippen LogP contribution in [0.2, 0.25) is 0 Å². The Hall–Kier alpha value is -2.39. The van der Waals surface area contributed by atoms with Gasteiger partial charge in [-0.25, -0.2) is 0 Å². The van der Waals surface area contributed by atoms with E-state index in [-0.39, 0.29) is 17.5 Å². The molecule has 1 amide bonds. The van der Waals surface area contributed by atoms with Gasteiger partial charge < -0.3 is 4.90 Å². The molecule has 1 aliphatic carbocycles. The maximum absolute atomic E-state index is 13.3. The van der Waals surface area contributed by atoms with Gasteiger partial charge in [0.25, 0.3) is 0 Å². The first kappa shape index (κ1) is 18.0. The molecule has 3 nitrogen and oxygen atoms in total. The predicted molar refractivity (Wildman–Crippen MR) is 109 cm³/mol. The molecule has 0 bridgehead atoms. The van der Waals surface area contributed by atoms with Crippen molar-refractivity contribution in [1.82, 2.24) is 9.80 Å². The van der Waals surface area contributed by atoms with Gasteiger partial charge in [0.15, 0.2) is 0 Å². The molecule has 0 aromatic heterocycles. The van der Waals surface area contributed by atoms with Gasteiger partial charge in [-0.2, -0.15) is 0 Å². The molecule has 1 spiro atoms. The molecule has 1 aliphatic heterocycles. The number of rotatable bonds is 5. The first-order valence-corrected chi connectivity index (χ1v) is 9.93. The van der Waals surface area contributed by atoms with E-state index in [1.807, 2.05) is 24.1 Å². The second-order valence-electron chi connectivity index (χ2n) is 7.93. The SMILES string of the molecule is CN1C(=O)[C@@H](N(Cc2ccccc2)Cc2ccccc2)C[C@]12CC=CCC2. The van der Waals surface area contributed by atoms with Crippen molar-refractivity contribution in [1.29, 1.82) is 0 Å². The van der Waals surface area contributed by atoms with Crippen molar-refractivity contribution >= 4 is 5.91 Å². The number of allylic oxidation sites excluding steroid dienone is 1. The third kappa shape index (κ3) is 3.70. The first-order valence-electron chi connectivity index (χ1n) is 9.93. The average molecular weight is 361 g/mol. The number of hydrogen-bond donors (Lipinski definition) is 0. The molecule has 1 heterocycles. The Morgan fingerprint density at radius 2 is 1.56 bits per heavy atom. The molecule has 2 aromatic carbocycles. The zero-order valence-electron chi connectivity index (χ0n) is 16.1. The van der Waals surface area contributed by atoms with Crippen molar-refractivity contribution in [2.45, 2.75) is 50.4 Å². The van der Waals surface area contributed by atoms with E-state index in [2.05, 4.69) is 65.6 Å². The van der Waals surface area contributed by atoms with Crippen molar-refractivity contribution in [3.63, 3.8) is 0 Å². The number of benzene rings is 2. The molecule has 4 rings (SSSR count). The first-order chi connectivity index (χ1) is 13.2. The molecular formula is C24H28N2O. The fraction of sp³-hybridized carbons (Fsp3) is 0.375. The van der Waals surface area contributed by atoms with Crippen LogP contribution in [0.5, 0.6) is 0 Å². The van der Waals surface area contributed by atoms with Crippen LogP contribution in [0.25, 0.3) is 0 Å². The van der Waals surface area contributed by atoms with E-state index in [1.54, 1.807) is 0 Å². The van der Waals surface area contributed by atoms with Crippen LogP contribution in [0.15, 0.2) is 72.8 Å². The smallest absolute Gasteiger partial charge is 0.240 e. The lowest BCUT2D eigenvalue weighted by Gasteiger charge is -2.37. The predicted octanol–water partition coefficient (Wildman–Crippen LogP) is 4.40. The van der Waals surface area contributed by atoms with E-state index in [9.17, 15) is 4.79 Å². The van der Waals surface area contributed by atoms with Gasteiger partial charge in [-0.05, 0) is 36.8 Å². The molecule has 0 unspecified atom stereocenters. The molecule has 0 saturated carbocycles. The van der Waals surface area contributed by atoms with Crippen molar-refractivity contribution in [2.75, 3.05) is 7.05 Å². The largest absolute Gasteiger partial charge is 0.338 e. The topological polar surface area (TPSA) is 23.6 Å². The number of hydrogen-bond acceptors (Lipinski definition) is 2. The summed E-state index contributed by atoms with van der Waals surface area (Å²) in [6.45, 7) is 1.60. The number of carbonyl (C=O) groups excluding carboxylic acids is 1. The van der Waals surface area contributed by atoms with Crippen LogP contribution in [0.1, 0.15) is 36.8 Å². The quantitative estimate of drug-likeness (QED) is 0.738. The van der Waals surface area contributed by atoms with E-state index in [1.165, 1.54) is 11.1 Å². The van der Waals surface area contributed by atoms with Crippen molar-refractivity contribution in [3.8, 4) is 0 Å². The summed E-state index contributed by atoms with van der Waals surface area (Å²) in [7, 11) is 2.00. The van der Waals surface area contributed by atoms with Gasteiger partial charge in [0, 0.05) is 25.7 Å². The highest BCUT2D eigenvalue weighted by molar-refractivity contribution is 5.85. The highest BCUT2D eigenvalue weighted by atomic mass is 16.2. The van der Waals surface area contributed by atoms with Crippen LogP contribution in [0.4, 0.5) is 0 Å². The second-order valence-corrected chi connectivity index (χ2v) is 7.93. The Labute approximate surface area is 162 Å². The molecule has 0 N–H and O–H groups in total. The monoisotopic (exact) mass is 360 g/mol. The zero-order valence-corrected chi connectivity index (χ0v) is 16.1. The highest BCUT2D eigenvalue weighted by Gasteiger charge is 2.50. The van der Waals surface area contributed by atoms with Gasteiger partial charge >= 0.3 is 0 Å². The summed E-state index contributed by atoms with van der Waals surface area (Å²) >= 11 is 0. The molecule has 3 heteroatoms. The number of amides is 1. The zero-order chi connectivity index (χ0) is 18.7. The molecule has 2 atom stereocenters. The molecule has 27 heavy (non-hydrogen) atoms. The molecule has 140 valence electrons. The third-order valence-electron chi connectivity index (χ3n) is 6.24. The van der Waals surface area contributed by atoms with E-state index in [0.29, 0.717) is 0 Å². The molecule has 2 aliphatic rings. The van der Waals surface area contributed by atoms with E-state index in [4.69, 9.17) is 0 Å². The van der Waals surface area contributed by atoms with E-state index >= 15 is 0 Å². The van der Waals surface area contributed by atoms with Crippen LogP contribution < -0.4 is 0 Å². The van der Waals surface area contributed by atoms with Gasteiger partial charge in [-0.1, -0.05) is 72.8 Å². The van der Waals surface area contributed by atoms with Crippen molar-refractivity contribution < 1.29 is 4.79 Å². The lowest BCUT2D eigenvalue weighted by atomic mass is 9.82. The Bertz CT molecular complexity index is 760. The maximum atomic E-state index is 13.3. The summed E-state index contributed by atoms with van der Waals surface area (Å²) in [6, 6.07) is 20.9. The number of likely N-dealkylation sites (tertiary alicyclic amines) is 1. The minimum atomic E-state index is -0.0538. The van der Waals surface area contributed by atoms with Gasteiger partial charge in [0.05, 0.1) is 6.04 Å². The standard InChI is InChI=1S/C24H28N2O/c1-25-23(27)22(17-24(25)15-9-4-10-16-24)26(18-20-11-5-2-6-12-20)19-21-13-7-3-8-14-21/h2-9,11-14,22H,10,15-19H2,1H3/t22-,24+/m0/s1. The van der Waals surface area contributed by atoms with Crippen LogP contribution in [0, 0.1) is 0 Å². The lowest BCUT2D eigenvalue weighted by molar-refractivity contribution is -0.133. The van der Waals surface area contributed by atoms with Crippen LogP contribution in [0.3, 0.4) is 0 Å². The van der Waals surface area contributed by atoms with Gasteiger partial charge in [-0.15, -0.1) is 0 Å². The average Bonchev–Trinajstić information content (AvgIpc) is 2.95. The van der Waals surface area contributed by atoms with Crippen LogP contribution in [-0.4, -0.2) is 34.3 Å². The number of nitrogens with zero attached hydrogens (tertiary/aromatic N) is 2. The highest BCUT2D eigenvalue weighted by Crippen LogP contribution is 2.41. The second kappa shape index (κ2) is 7.69. The Kier molecular flexibility index (Phi) is 5.13. The number of carbonyl (C=O) groups is 1. The lowest BCUT2D eigenvalue weighted by Crippen LogP contribution is -2.44. The Balaban J connectivity index is 1.61. The van der Waals surface area contributed by atoms with E-state index in [0.717, 1.165) is 38.8 Å². The van der Waals surface area contributed by atoms with Gasteiger partial charge in [-0.3, -0.25) is 9.69 Å². The van der Waals surface area contributed by atoms with Crippen LogP contribution >= 0.6 is 0 Å². The van der Waals surface area contributed by atoms with E-state index < -0.39 is 0 Å². The van der Waals surface area contributed by atoms with Crippen LogP contribution in [-0.2, 0) is 17.9 Å². The molecule has 2 aromatic rings. The fourth-order valence-electron chi connectivity index (χ4n) is 4.60. The summed E-state index contributed by atoms with van der Waals surface area (Å²) < 4.78 is 0.